The van der Waals surface area contributed by atoms with Crippen LogP contribution in [-0.2, 0) is 11.3 Å². The van der Waals surface area contributed by atoms with Gasteiger partial charge in [0.2, 0.25) is 5.91 Å². The molecule has 0 bridgehead atoms. The van der Waals surface area contributed by atoms with Crippen LogP contribution in [0.15, 0.2) is 48.5 Å². The second kappa shape index (κ2) is 7.98. The molecule has 25 heavy (non-hydrogen) atoms. The van der Waals surface area contributed by atoms with Crippen LogP contribution in [0.5, 0.6) is 0 Å². The van der Waals surface area contributed by atoms with Gasteiger partial charge in [0.05, 0.1) is 5.92 Å². The molecule has 1 unspecified atom stereocenters. The van der Waals surface area contributed by atoms with Crippen molar-refractivity contribution in [2.75, 3.05) is 25.0 Å². The van der Waals surface area contributed by atoms with Crippen molar-refractivity contribution in [3.05, 3.63) is 64.9 Å². The first-order valence-corrected chi connectivity index (χ1v) is 8.90. The standard InChI is InChI=1S/C20H22ClFN2O/c1-23(19-10-8-18(22)9-11-19)20(25)16-3-2-12-24(14-16)13-15-4-6-17(21)7-5-15/h4-11,16H,2-3,12-14H2,1H3. The molecule has 0 aromatic heterocycles. The molecule has 3 nitrogen and oxygen atoms in total. The van der Waals surface area contributed by atoms with E-state index in [-0.39, 0.29) is 17.6 Å². The summed E-state index contributed by atoms with van der Waals surface area (Å²) in [5.41, 5.74) is 1.92. The van der Waals surface area contributed by atoms with Crippen LogP contribution in [0.1, 0.15) is 18.4 Å². The second-order valence-electron chi connectivity index (χ2n) is 6.57. The van der Waals surface area contributed by atoms with Gasteiger partial charge in [-0.15, -0.1) is 0 Å². The molecule has 1 saturated heterocycles. The Bertz CT molecular complexity index is 717. The summed E-state index contributed by atoms with van der Waals surface area (Å²) in [4.78, 5) is 16.8. The predicted molar refractivity (Wildman–Crippen MR) is 99.3 cm³/mol. The van der Waals surface area contributed by atoms with E-state index >= 15 is 0 Å². The summed E-state index contributed by atoms with van der Waals surface area (Å²) in [5, 5.41) is 0.733. The van der Waals surface area contributed by atoms with Gasteiger partial charge in [-0.25, -0.2) is 4.39 Å². The Labute approximate surface area is 153 Å². The maximum absolute atomic E-state index is 13.1. The minimum absolute atomic E-state index is 0.0314. The number of benzene rings is 2. The minimum Gasteiger partial charge on any atom is -0.315 e. The van der Waals surface area contributed by atoms with Crippen molar-refractivity contribution >= 4 is 23.2 Å². The largest absolute Gasteiger partial charge is 0.315 e. The lowest BCUT2D eigenvalue weighted by Crippen LogP contribution is -2.43. The highest BCUT2D eigenvalue weighted by atomic mass is 35.5. The molecule has 0 spiro atoms. The van der Waals surface area contributed by atoms with Crippen LogP contribution in [0.3, 0.4) is 0 Å². The van der Waals surface area contributed by atoms with Gasteiger partial charge in [-0.2, -0.15) is 0 Å². The fraction of sp³-hybridized carbons (Fsp3) is 0.350. The summed E-state index contributed by atoms with van der Waals surface area (Å²) in [6.07, 6.45) is 1.89. The van der Waals surface area contributed by atoms with Gasteiger partial charge in [0.15, 0.2) is 0 Å². The van der Waals surface area contributed by atoms with Gasteiger partial charge in [0.1, 0.15) is 5.82 Å². The zero-order chi connectivity index (χ0) is 17.8. The van der Waals surface area contributed by atoms with Crippen molar-refractivity contribution in [1.29, 1.82) is 0 Å². The lowest BCUT2D eigenvalue weighted by atomic mass is 9.96. The van der Waals surface area contributed by atoms with Crippen LogP contribution >= 0.6 is 11.6 Å². The van der Waals surface area contributed by atoms with Crippen molar-refractivity contribution in [3.8, 4) is 0 Å². The van der Waals surface area contributed by atoms with E-state index < -0.39 is 0 Å². The third-order valence-electron chi connectivity index (χ3n) is 4.72. The quantitative estimate of drug-likeness (QED) is 0.809. The van der Waals surface area contributed by atoms with E-state index in [9.17, 15) is 9.18 Å². The normalized spacial score (nSPS) is 18.1. The third-order valence-corrected chi connectivity index (χ3v) is 4.97. The van der Waals surface area contributed by atoms with Crippen LogP contribution in [0, 0.1) is 11.7 Å². The summed E-state index contributed by atoms with van der Waals surface area (Å²) >= 11 is 5.93. The van der Waals surface area contributed by atoms with E-state index in [0.717, 1.165) is 43.2 Å². The molecule has 2 aromatic rings. The first-order chi connectivity index (χ1) is 12.0. The Morgan fingerprint density at radius 2 is 1.88 bits per heavy atom. The SMILES string of the molecule is CN(C(=O)C1CCCN(Cc2ccc(Cl)cc2)C1)c1ccc(F)cc1. The summed E-state index contributed by atoms with van der Waals surface area (Å²) in [5.74, 6) is -0.236. The highest BCUT2D eigenvalue weighted by Gasteiger charge is 2.28. The molecule has 0 radical (unpaired) electrons. The molecule has 0 N–H and O–H groups in total. The number of piperidine rings is 1. The molecule has 3 rings (SSSR count). The van der Waals surface area contributed by atoms with Gasteiger partial charge < -0.3 is 4.90 Å². The molecular weight excluding hydrogens is 339 g/mol. The van der Waals surface area contributed by atoms with E-state index in [1.165, 1.54) is 17.7 Å². The maximum atomic E-state index is 13.1. The number of rotatable bonds is 4. The number of likely N-dealkylation sites (tertiary alicyclic amines) is 1. The van der Waals surface area contributed by atoms with E-state index in [1.54, 1.807) is 24.1 Å². The first-order valence-electron chi connectivity index (χ1n) is 8.53. The number of nitrogens with zero attached hydrogens (tertiary/aromatic N) is 2. The monoisotopic (exact) mass is 360 g/mol. The highest BCUT2D eigenvalue weighted by Crippen LogP contribution is 2.23. The molecule has 0 aliphatic carbocycles. The van der Waals surface area contributed by atoms with Gasteiger partial charge in [-0.3, -0.25) is 9.69 Å². The first kappa shape index (κ1) is 17.9. The number of halogens is 2. The fourth-order valence-electron chi connectivity index (χ4n) is 3.31. The van der Waals surface area contributed by atoms with Crippen LogP contribution in [0.2, 0.25) is 5.02 Å². The van der Waals surface area contributed by atoms with Crippen molar-refractivity contribution in [1.82, 2.24) is 4.90 Å². The lowest BCUT2D eigenvalue weighted by molar-refractivity contribution is -0.123. The molecule has 1 aliphatic rings. The summed E-state index contributed by atoms with van der Waals surface area (Å²) in [6.45, 7) is 2.56. The highest BCUT2D eigenvalue weighted by molar-refractivity contribution is 6.30. The summed E-state index contributed by atoms with van der Waals surface area (Å²) < 4.78 is 13.1. The van der Waals surface area contributed by atoms with Crippen LogP contribution in [0.25, 0.3) is 0 Å². The van der Waals surface area contributed by atoms with E-state index in [4.69, 9.17) is 11.6 Å². The summed E-state index contributed by atoms with van der Waals surface area (Å²) in [7, 11) is 1.76. The average molecular weight is 361 g/mol. The number of carbonyl (C=O) groups excluding carboxylic acids is 1. The van der Waals surface area contributed by atoms with Crippen molar-refractivity contribution < 1.29 is 9.18 Å². The van der Waals surface area contributed by atoms with Crippen molar-refractivity contribution in [2.24, 2.45) is 5.92 Å². The molecule has 1 aliphatic heterocycles. The molecule has 132 valence electrons. The van der Waals surface area contributed by atoms with Crippen LogP contribution < -0.4 is 4.90 Å². The Hall–Kier alpha value is -1.91. The topological polar surface area (TPSA) is 23.6 Å². The number of anilines is 1. The van der Waals surface area contributed by atoms with E-state index in [2.05, 4.69) is 4.90 Å². The van der Waals surface area contributed by atoms with Gasteiger partial charge >= 0.3 is 0 Å². The molecule has 5 heteroatoms. The molecular formula is C20H22ClFN2O. The maximum Gasteiger partial charge on any atom is 0.231 e. The van der Waals surface area contributed by atoms with E-state index in [1.807, 2.05) is 24.3 Å². The molecule has 1 atom stereocenters. The van der Waals surface area contributed by atoms with Gasteiger partial charge in [-0.05, 0) is 61.3 Å². The number of amides is 1. The Balaban J connectivity index is 1.62. The van der Waals surface area contributed by atoms with Gasteiger partial charge in [0, 0.05) is 30.8 Å². The zero-order valence-corrected chi connectivity index (χ0v) is 15.0. The smallest absolute Gasteiger partial charge is 0.231 e. The lowest BCUT2D eigenvalue weighted by Gasteiger charge is -2.34. The van der Waals surface area contributed by atoms with Crippen LogP contribution in [-0.4, -0.2) is 30.9 Å². The fourth-order valence-corrected chi connectivity index (χ4v) is 3.44. The Morgan fingerprint density at radius 1 is 1.20 bits per heavy atom. The van der Waals surface area contributed by atoms with Crippen molar-refractivity contribution in [3.63, 3.8) is 0 Å². The van der Waals surface area contributed by atoms with Crippen molar-refractivity contribution in [2.45, 2.75) is 19.4 Å². The molecule has 0 saturated carbocycles. The van der Waals surface area contributed by atoms with Crippen LogP contribution in [0.4, 0.5) is 10.1 Å². The number of carbonyl (C=O) groups is 1. The third kappa shape index (κ3) is 4.59. The molecule has 1 amide bonds. The number of hydrogen-bond donors (Lipinski definition) is 0. The zero-order valence-electron chi connectivity index (χ0n) is 14.3. The molecule has 1 heterocycles. The molecule has 1 fully saturated rings. The number of hydrogen-bond acceptors (Lipinski definition) is 2. The molecule has 2 aromatic carbocycles. The minimum atomic E-state index is -0.295. The Morgan fingerprint density at radius 3 is 2.56 bits per heavy atom. The van der Waals surface area contributed by atoms with E-state index in [0.29, 0.717) is 0 Å². The summed E-state index contributed by atoms with van der Waals surface area (Å²) in [6, 6.07) is 13.9. The second-order valence-corrected chi connectivity index (χ2v) is 7.01. The Kier molecular flexibility index (Phi) is 5.71. The van der Waals surface area contributed by atoms with Gasteiger partial charge in [-0.1, -0.05) is 23.7 Å². The predicted octanol–water partition coefficient (Wildman–Crippen LogP) is 4.35. The average Bonchev–Trinajstić information content (AvgIpc) is 2.63. The van der Waals surface area contributed by atoms with Gasteiger partial charge in [0.25, 0.3) is 0 Å².